The van der Waals surface area contributed by atoms with Gasteiger partial charge in [0.15, 0.2) is 16.0 Å². The molecule has 12 heteroatoms. The molecule has 2 aromatic rings. The van der Waals surface area contributed by atoms with E-state index in [1.807, 2.05) is 15.8 Å². The van der Waals surface area contributed by atoms with Crippen molar-refractivity contribution < 1.29 is 9.59 Å². The Morgan fingerprint density at radius 2 is 2.00 bits per heavy atom. The lowest BCUT2D eigenvalue weighted by atomic mass is 9.83. The minimum Gasteiger partial charge on any atom is -0.356 e. The van der Waals surface area contributed by atoms with Gasteiger partial charge in [-0.3, -0.25) is 19.5 Å². The van der Waals surface area contributed by atoms with Crippen molar-refractivity contribution in [2.75, 3.05) is 36.0 Å². The summed E-state index contributed by atoms with van der Waals surface area (Å²) < 4.78 is 1.87. The van der Waals surface area contributed by atoms with Crippen LogP contribution in [0.4, 0.5) is 5.82 Å². The van der Waals surface area contributed by atoms with Crippen LogP contribution >= 0.6 is 23.5 Å². The third kappa shape index (κ3) is 5.13. The summed E-state index contributed by atoms with van der Waals surface area (Å²) >= 11 is 3.26. The van der Waals surface area contributed by atoms with Crippen LogP contribution in [0.2, 0.25) is 0 Å². The van der Waals surface area contributed by atoms with Crippen molar-refractivity contribution in [1.29, 1.82) is 0 Å². The fourth-order valence-electron chi connectivity index (χ4n) is 6.08. The van der Waals surface area contributed by atoms with Crippen LogP contribution in [0.5, 0.6) is 0 Å². The average Bonchev–Trinajstić information content (AvgIpc) is 3.53. The number of carbonyl (C=O) groups excluding carboxylic acids is 2. The number of fused-ring (bicyclic) bond motifs is 3. The summed E-state index contributed by atoms with van der Waals surface area (Å²) in [6.45, 7) is 5.11. The Bertz CT molecular complexity index is 1230. The first-order valence-corrected chi connectivity index (χ1v) is 16.0. The van der Waals surface area contributed by atoms with E-state index < -0.39 is 0 Å². The molecule has 1 N–H and O–H groups in total. The summed E-state index contributed by atoms with van der Waals surface area (Å²) in [5, 5.41) is 10.2. The van der Waals surface area contributed by atoms with Crippen LogP contribution in [0, 0.1) is 5.92 Å². The first kappa shape index (κ1) is 25.9. The number of rotatable bonds is 8. The zero-order valence-electron chi connectivity index (χ0n) is 22.0. The van der Waals surface area contributed by atoms with Gasteiger partial charge in [0.2, 0.25) is 11.8 Å². The number of nitrogens with one attached hydrogen (secondary N) is 1. The van der Waals surface area contributed by atoms with E-state index in [4.69, 9.17) is 15.0 Å². The average molecular weight is 557 g/mol. The van der Waals surface area contributed by atoms with Gasteiger partial charge in [-0.15, -0.1) is 0 Å². The predicted octanol–water partition coefficient (Wildman–Crippen LogP) is 3.31. The Labute approximate surface area is 231 Å². The maximum Gasteiger partial charge on any atom is 0.234 e. The molecule has 3 fully saturated rings. The summed E-state index contributed by atoms with van der Waals surface area (Å²) in [5.41, 5.74) is 0.819. The summed E-state index contributed by atoms with van der Waals surface area (Å²) in [6.07, 6.45) is 9.95. The second kappa shape index (κ2) is 11.4. The number of amides is 2. The second-order valence-electron chi connectivity index (χ2n) is 10.5. The molecule has 1 saturated carbocycles. The molecular weight excluding hydrogens is 520 g/mol. The van der Waals surface area contributed by atoms with Crippen molar-refractivity contribution in [3.05, 3.63) is 6.20 Å². The largest absolute Gasteiger partial charge is 0.356 e. The van der Waals surface area contributed by atoms with Crippen LogP contribution in [0.15, 0.2) is 16.3 Å². The van der Waals surface area contributed by atoms with Gasteiger partial charge in [0, 0.05) is 31.8 Å². The molecule has 10 nitrogen and oxygen atoms in total. The van der Waals surface area contributed by atoms with E-state index in [1.165, 1.54) is 19.3 Å². The normalized spacial score (nSPS) is 25.3. The third-order valence-corrected chi connectivity index (χ3v) is 9.83. The highest BCUT2D eigenvalue weighted by molar-refractivity contribution is 8.14. The van der Waals surface area contributed by atoms with Gasteiger partial charge in [0.25, 0.3) is 0 Å². The summed E-state index contributed by atoms with van der Waals surface area (Å²) in [7, 11) is 0. The second-order valence-corrected chi connectivity index (χ2v) is 12.7. The van der Waals surface area contributed by atoms with Crippen LogP contribution < -0.4 is 10.2 Å². The molecule has 1 aliphatic carbocycles. The topological polar surface area (TPSA) is 109 Å². The van der Waals surface area contributed by atoms with Crippen LogP contribution in [-0.4, -0.2) is 84.9 Å². The van der Waals surface area contributed by atoms with Crippen LogP contribution in [0.25, 0.3) is 11.0 Å². The van der Waals surface area contributed by atoms with Gasteiger partial charge in [0.1, 0.15) is 5.82 Å². The van der Waals surface area contributed by atoms with Crippen LogP contribution in [0.3, 0.4) is 0 Å². The Hall–Kier alpha value is -2.34. The Balaban J connectivity index is 1.09. The van der Waals surface area contributed by atoms with Crippen molar-refractivity contribution >= 4 is 57.4 Å². The van der Waals surface area contributed by atoms with Crippen LogP contribution in [0.1, 0.15) is 58.3 Å². The molecule has 0 spiro atoms. The van der Waals surface area contributed by atoms with Gasteiger partial charge in [-0.05, 0) is 37.9 Å². The van der Waals surface area contributed by atoms with Gasteiger partial charge in [-0.2, -0.15) is 5.10 Å². The zero-order valence-corrected chi connectivity index (χ0v) is 23.6. The Morgan fingerprint density at radius 3 is 2.84 bits per heavy atom. The number of amidine groups is 1. The molecule has 2 aromatic heterocycles. The molecule has 38 heavy (non-hydrogen) atoms. The number of piperidine rings is 1. The van der Waals surface area contributed by atoms with Gasteiger partial charge in [-0.25, -0.2) is 14.6 Å². The number of anilines is 1. The molecule has 3 unspecified atom stereocenters. The summed E-state index contributed by atoms with van der Waals surface area (Å²) in [6, 6.07) is 0.0232. The van der Waals surface area contributed by atoms with Crippen LogP contribution in [-0.2, 0) is 16.1 Å². The molecular formula is C26H36N8O2S2. The smallest absolute Gasteiger partial charge is 0.234 e. The van der Waals surface area contributed by atoms with Crippen molar-refractivity contribution in [3.63, 3.8) is 0 Å². The highest BCUT2D eigenvalue weighted by atomic mass is 32.2. The molecule has 204 valence electrons. The maximum absolute atomic E-state index is 13.2. The Morgan fingerprint density at radius 1 is 1.16 bits per heavy atom. The summed E-state index contributed by atoms with van der Waals surface area (Å²) in [4.78, 5) is 44.8. The SMILES string of the molecule is CCSc1nc(N2CCCCC2)c2cnn(CCNC(=O)CC3CSC4=NC5CCCCC5C(=O)N43)c2n1. The van der Waals surface area contributed by atoms with E-state index in [2.05, 4.69) is 22.2 Å². The summed E-state index contributed by atoms with van der Waals surface area (Å²) in [5.74, 6) is 2.74. The van der Waals surface area contributed by atoms with Crippen molar-refractivity contribution in [2.24, 2.45) is 10.9 Å². The number of thioether (sulfide) groups is 2. The first-order valence-electron chi connectivity index (χ1n) is 14.0. The van der Waals surface area contributed by atoms with Crippen molar-refractivity contribution in [1.82, 2.24) is 30.0 Å². The standard InChI is InChI=1S/C26H36N8O2S2/c1-2-37-25-30-22(32-11-6-3-7-12-32)19-15-28-33(23(19)31-25)13-10-27-21(35)14-17-16-38-26-29-20-9-5-4-8-18(20)24(36)34(17)26/h15,17-18,20H,2-14,16H2,1H3,(H,27,35). The highest BCUT2D eigenvalue weighted by Gasteiger charge is 2.45. The number of nitrogens with zero attached hydrogens (tertiary/aromatic N) is 7. The molecule has 6 rings (SSSR count). The van der Waals surface area contributed by atoms with E-state index in [9.17, 15) is 9.59 Å². The number of aromatic nitrogens is 4. The lowest BCUT2D eigenvalue weighted by Crippen LogP contribution is -2.51. The minimum atomic E-state index is -0.117. The highest BCUT2D eigenvalue weighted by Crippen LogP contribution is 2.38. The molecule has 5 heterocycles. The van der Waals surface area contributed by atoms with Gasteiger partial charge >= 0.3 is 0 Å². The van der Waals surface area contributed by atoms with E-state index in [1.54, 1.807) is 23.5 Å². The van der Waals surface area contributed by atoms with Gasteiger partial charge in [-0.1, -0.05) is 43.3 Å². The lowest BCUT2D eigenvalue weighted by molar-refractivity contribution is -0.135. The monoisotopic (exact) mass is 556 g/mol. The number of aliphatic imine (C=N–C) groups is 1. The van der Waals surface area contributed by atoms with Gasteiger partial charge in [0.05, 0.1) is 36.1 Å². The van der Waals surface area contributed by atoms with Gasteiger partial charge < -0.3 is 10.2 Å². The maximum atomic E-state index is 13.2. The number of hydrogen-bond acceptors (Lipinski definition) is 9. The molecule has 0 radical (unpaired) electrons. The zero-order chi connectivity index (χ0) is 26.1. The van der Waals surface area contributed by atoms with E-state index in [0.717, 1.165) is 77.5 Å². The fourth-order valence-corrected chi connectivity index (χ4v) is 7.84. The fraction of sp³-hybridized carbons (Fsp3) is 0.692. The molecule has 4 aliphatic rings. The van der Waals surface area contributed by atoms with E-state index >= 15 is 0 Å². The Kier molecular flexibility index (Phi) is 7.78. The van der Waals surface area contributed by atoms with Crippen molar-refractivity contribution in [3.8, 4) is 0 Å². The molecule has 2 saturated heterocycles. The van der Waals surface area contributed by atoms with E-state index in [-0.39, 0.29) is 29.8 Å². The quantitative estimate of drug-likeness (QED) is 0.390. The molecule has 0 aromatic carbocycles. The number of carbonyl (C=O) groups is 2. The minimum absolute atomic E-state index is 0.00237. The number of hydrogen-bond donors (Lipinski definition) is 1. The van der Waals surface area contributed by atoms with Crippen molar-refractivity contribution in [2.45, 2.75) is 82.1 Å². The first-order chi connectivity index (χ1) is 18.6. The third-order valence-electron chi connectivity index (χ3n) is 7.99. The predicted molar refractivity (Wildman–Crippen MR) is 152 cm³/mol. The molecule has 3 atom stereocenters. The lowest BCUT2D eigenvalue weighted by Gasteiger charge is -2.37. The molecule has 2 amide bonds. The molecule has 0 bridgehead atoms. The molecule has 3 aliphatic heterocycles. The van der Waals surface area contributed by atoms with E-state index in [0.29, 0.717) is 19.5 Å².